The highest BCUT2D eigenvalue weighted by Crippen LogP contribution is 2.42. The summed E-state index contributed by atoms with van der Waals surface area (Å²) >= 11 is 0. The number of nitrogens with one attached hydrogen (secondary N) is 2. The average molecular weight is 488 g/mol. The van der Waals surface area contributed by atoms with Gasteiger partial charge in [0, 0.05) is 47.8 Å². The van der Waals surface area contributed by atoms with E-state index in [2.05, 4.69) is 20.3 Å². The van der Waals surface area contributed by atoms with E-state index in [9.17, 15) is 5.11 Å². The zero-order valence-electron chi connectivity index (χ0n) is 19.4. The Labute approximate surface area is 200 Å². The van der Waals surface area contributed by atoms with Crippen LogP contribution in [-0.4, -0.2) is 60.7 Å². The molecule has 186 valence electrons. The number of aliphatic hydroxyl groups is 1. The fourth-order valence-electron chi connectivity index (χ4n) is 4.08. The van der Waals surface area contributed by atoms with Crippen LogP contribution in [-0.2, 0) is 19.8 Å². The molecule has 2 aliphatic heterocycles. The van der Waals surface area contributed by atoms with E-state index in [0.717, 1.165) is 17.7 Å². The Morgan fingerprint density at radius 2 is 2.00 bits per heavy atom. The van der Waals surface area contributed by atoms with E-state index in [1.165, 1.54) is 6.20 Å². The SMILES string of the molecule is CCOC1(c2c[nH]c3nccc(Oc4c(F)cc(NC5=NCC(C)(CO)CO5)cc4F)c23)COC1. The highest BCUT2D eigenvalue weighted by atomic mass is 19.1. The summed E-state index contributed by atoms with van der Waals surface area (Å²) in [7, 11) is 0. The third-order valence-corrected chi connectivity index (χ3v) is 6.12. The number of aliphatic hydroxyl groups excluding tert-OH is 1. The minimum Gasteiger partial charge on any atom is -0.464 e. The van der Waals surface area contributed by atoms with Gasteiger partial charge in [-0.1, -0.05) is 6.92 Å². The van der Waals surface area contributed by atoms with Gasteiger partial charge in [-0.2, -0.15) is 0 Å². The molecule has 1 fully saturated rings. The molecule has 0 spiro atoms. The first-order chi connectivity index (χ1) is 16.9. The van der Waals surface area contributed by atoms with Crippen molar-refractivity contribution in [3.05, 3.63) is 47.8 Å². The van der Waals surface area contributed by atoms with Crippen molar-refractivity contribution in [2.45, 2.75) is 19.4 Å². The molecule has 2 aliphatic rings. The van der Waals surface area contributed by atoms with E-state index < -0.39 is 28.4 Å². The number of fused-ring (bicyclic) bond motifs is 1. The van der Waals surface area contributed by atoms with E-state index in [-0.39, 0.29) is 30.7 Å². The van der Waals surface area contributed by atoms with Crippen molar-refractivity contribution in [3.63, 3.8) is 0 Å². The second kappa shape index (κ2) is 9.06. The Kier molecular flexibility index (Phi) is 6.07. The summed E-state index contributed by atoms with van der Waals surface area (Å²) in [5, 5.41) is 12.7. The number of aliphatic imine (C=N–C) groups is 1. The van der Waals surface area contributed by atoms with Crippen LogP contribution in [0.5, 0.6) is 11.5 Å². The number of pyridine rings is 1. The third-order valence-electron chi connectivity index (χ3n) is 6.12. The Hall–Kier alpha value is -3.28. The summed E-state index contributed by atoms with van der Waals surface area (Å²) in [6, 6.07) is 3.87. The van der Waals surface area contributed by atoms with Gasteiger partial charge in [0.25, 0.3) is 6.02 Å². The molecule has 1 saturated heterocycles. The van der Waals surface area contributed by atoms with E-state index >= 15 is 8.78 Å². The van der Waals surface area contributed by atoms with Crippen LogP contribution in [0.25, 0.3) is 11.0 Å². The maximum Gasteiger partial charge on any atom is 0.289 e. The fraction of sp³-hybridized carbons (Fsp3) is 0.417. The van der Waals surface area contributed by atoms with Crippen LogP contribution < -0.4 is 10.1 Å². The van der Waals surface area contributed by atoms with Crippen molar-refractivity contribution in [2.75, 3.05) is 44.9 Å². The van der Waals surface area contributed by atoms with E-state index in [1.807, 2.05) is 13.8 Å². The summed E-state index contributed by atoms with van der Waals surface area (Å²) in [6.07, 6.45) is 3.25. The molecule has 0 bridgehead atoms. The lowest BCUT2D eigenvalue weighted by atomic mass is 9.91. The molecule has 4 heterocycles. The van der Waals surface area contributed by atoms with Gasteiger partial charge >= 0.3 is 0 Å². The van der Waals surface area contributed by atoms with Crippen molar-refractivity contribution in [1.29, 1.82) is 0 Å². The minimum atomic E-state index is -0.905. The number of hydrogen-bond acceptors (Lipinski definition) is 8. The van der Waals surface area contributed by atoms with Crippen molar-refractivity contribution in [2.24, 2.45) is 10.4 Å². The summed E-state index contributed by atoms with van der Waals surface area (Å²) in [5.74, 6) is -2.13. The van der Waals surface area contributed by atoms with Gasteiger partial charge in [-0.3, -0.25) is 0 Å². The summed E-state index contributed by atoms with van der Waals surface area (Å²) in [4.78, 5) is 11.6. The lowest BCUT2D eigenvalue weighted by Gasteiger charge is -2.40. The van der Waals surface area contributed by atoms with Gasteiger partial charge in [0.2, 0.25) is 0 Å². The molecule has 3 aromatic rings. The number of nitrogens with zero attached hydrogens (tertiary/aromatic N) is 2. The van der Waals surface area contributed by atoms with Gasteiger partial charge < -0.3 is 34.4 Å². The molecular weight excluding hydrogens is 462 g/mol. The predicted molar refractivity (Wildman–Crippen MR) is 124 cm³/mol. The number of aromatic amines is 1. The van der Waals surface area contributed by atoms with Gasteiger partial charge in [-0.05, 0) is 13.0 Å². The van der Waals surface area contributed by atoms with Gasteiger partial charge in [0.15, 0.2) is 17.4 Å². The molecule has 5 rings (SSSR count). The van der Waals surface area contributed by atoms with Gasteiger partial charge in [-0.25, -0.2) is 18.8 Å². The van der Waals surface area contributed by atoms with Crippen LogP contribution >= 0.6 is 0 Å². The Bertz CT molecular complexity index is 1250. The number of ether oxygens (including phenoxy) is 4. The maximum atomic E-state index is 15.0. The van der Waals surface area contributed by atoms with Crippen LogP contribution in [0, 0.1) is 17.0 Å². The van der Waals surface area contributed by atoms with Crippen molar-refractivity contribution in [1.82, 2.24) is 9.97 Å². The van der Waals surface area contributed by atoms with Crippen LogP contribution in [0.2, 0.25) is 0 Å². The molecule has 0 amide bonds. The first-order valence-electron chi connectivity index (χ1n) is 11.3. The Morgan fingerprint density at radius 3 is 2.60 bits per heavy atom. The highest BCUT2D eigenvalue weighted by Gasteiger charge is 2.44. The first-order valence-corrected chi connectivity index (χ1v) is 11.3. The lowest BCUT2D eigenvalue weighted by molar-refractivity contribution is -0.213. The monoisotopic (exact) mass is 488 g/mol. The molecule has 2 aromatic heterocycles. The largest absolute Gasteiger partial charge is 0.464 e. The smallest absolute Gasteiger partial charge is 0.289 e. The Morgan fingerprint density at radius 1 is 1.23 bits per heavy atom. The molecule has 9 nitrogen and oxygen atoms in total. The molecule has 0 saturated carbocycles. The zero-order valence-corrected chi connectivity index (χ0v) is 19.4. The maximum absolute atomic E-state index is 15.0. The second-order valence-corrected chi connectivity index (χ2v) is 9.03. The molecule has 3 N–H and O–H groups in total. The molecule has 1 atom stereocenters. The zero-order chi connectivity index (χ0) is 24.6. The fourth-order valence-corrected chi connectivity index (χ4v) is 4.08. The van der Waals surface area contributed by atoms with Crippen LogP contribution in [0.3, 0.4) is 0 Å². The van der Waals surface area contributed by atoms with Crippen molar-refractivity contribution in [3.8, 4) is 11.5 Å². The average Bonchev–Trinajstić information content (AvgIpc) is 3.25. The van der Waals surface area contributed by atoms with Crippen LogP contribution in [0.1, 0.15) is 19.4 Å². The van der Waals surface area contributed by atoms with Crippen LogP contribution in [0.4, 0.5) is 14.5 Å². The lowest BCUT2D eigenvalue weighted by Crippen LogP contribution is -2.48. The first kappa shape index (κ1) is 23.5. The molecule has 0 radical (unpaired) electrons. The Balaban J connectivity index is 1.42. The third kappa shape index (κ3) is 4.30. The number of rotatable bonds is 7. The number of halogens is 2. The number of hydrogen-bond donors (Lipinski definition) is 3. The van der Waals surface area contributed by atoms with Crippen molar-refractivity contribution >= 4 is 22.7 Å². The molecular formula is C24H26F2N4O5. The van der Waals surface area contributed by atoms with E-state index in [1.54, 1.807) is 12.3 Å². The molecule has 1 aromatic carbocycles. The number of amidine groups is 1. The quantitative estimate of drug-likeness (QED) is 0.465. The van der Waals surface area contributed by atoms with E-state index in [4.69, 9.17) is 18.9 Å². The van der Waals surface area contributed by atoms with Crippen LogP contribution in [0.15, 0.2) is 35.6 Å². The van der Waals surface area contributed by atoms with Gasteiger partial charge in [-0.15, -0.1) is 0 Å². The summed E-state index contributed by atoms with van der Waals surface area (Å²) in [6.45, 7) is 5.37. The topological polar surface area (TPSA) is 110 Å². The number of H-pyrrole nitrogens is 1. The van der Waals surface area contributed by atoms with Gasteiger partial charge in [0.05, 0.1) is 31.8 Å². The summed E-state index contributed by atoms with van der Waals surface area (Å²) < 4.78 is 52.6. The van der Waals surface area contributed by atoms with Gasteiger partial charge in [0.1, 0.15) is 23.6 Å². The number of anilines is 1. The molecule has 0 aliphatic carbocycles. The standard InChI is InChI=1S/C24H26F2N4O5/c1-3-34-24(12-32-13-24)15-8-28-21-19(15)18(4-5-27-21)35-20-16(25)6-14(7-17(20)26)30-22-29-9-23(2,10-31)11-33-22/h4-8,31H,3,9-13H2,1-2H3,(H,27,28)(H,29,30). The van der Waals surface area contributed by atoms with Crippen molar-refractivity contribution < 1.29 is 32.8 Å². The predicted octanol–water partition coefficient (Wildman–Crippen LogP) is 3.69. The molecule has 11 heteroatoms. The normalized spacial score (nSPS) is 21.2. The number of benzene rings is 1. The summed E-state index contributed by atoms with van der Waals surface area (Å²) in [5.41, 5.74) is 0.211. The second-order valence-electron chi connectivity index (χ2n) is 9.03. The molecule has 1 unspecified atom stereocenters. The number of aromatic nitrogens is 2. The minimum absolute atomic E-state index is 0.0804. The molecule has 35 heavy (non-hydrogen) atoms. The highest BCUT2D eigenvalue weighted by molar-refractivity contribution is 5.90. The van der Waals surface area contributed by atoms with E-state index in [0.29, 0.717) is 37.4 Å².